The van der Waals surface area contributed by atoms with Gasteiger partial charge in [-0.1, -0.05) is 28.9 Å². The fraction of sp³-hybridized carbons (Fsp3) is 0.368. The summed E-state index contributed by atoms with van der Waals surface area (Å²) >= 11 is 6.21. The van der Waals surface area contributed by atoms with E-state index in [1.807, 2.05) is 0 Å². The molecule has 2 saturated heterocycles. The molecule has 2 aliphatic rings. The lowest BCUT2D eigenvalue weighted by Crippen LogP contribution is -2.71. The summed E-state index contributed by atoms with van der Waals surface area (Å²) in [5, 5.41) is 15.4. The maximum Gasteiger partial charge on any atom is 0.328 e. The van der Waals surface area contributed by atoms with E-state index in [0.717, 1.165) is 4.90 Å². The van der Waals surface area contributed by atoms with Crippen LogP contribution in [0, 0.1) is 6.92 Å². The number of carboxylic acid groups (broad SMARTS) is 1. The van der Waals surface area contributed by atoms with E-state index in [9.17, 15) is 23.7 Å². The highest BCUT2D eigenvalue weighted by Crippen LogP contribution is 2.43. The van der Waals surface area contributed by atoms with Crippen LogP contribution in [0.2, 0.25) is 5.02 Å². The minimum absolute atomic E-state index is 0.104. The van der Waals surface area contributed by atoms with Gasteiger partial charge in [-0.25, -0.2) is 4.79 Å². The average molecular weight is 452 g/mol. The van der Waals surface area contributed by atoms with Crippen molar-refractivity contribution in [1.82, 2.24) is 15.4 Å². The van der Waals surface area contributed by atoms with Crippen LogP contribution in [0.3, 0.4) is 0 Å². The smallest absolute Gasteiger partial charge is 0.328 e. The second kappa shape index (κ2) is 6.92. The van der Waals surface area contributed by atoms with Gasteiger partial charge in [0.2, 0.25) is 5.91 Å². The number of carbonyl (C=O) groups excluding carboxylic acids is 2. The zero-order valence-corrected chi connectivity index (χ0v) is 17.8. The minimum Gasteiger partial charge on any atom is -0.480 e. The van der Waals surface area contributed by atoms with Crippen LogP contribution in [0.15, 0.2) is 28.8 Å². The summed E-state index contributed by atoms with van der Waals surface area (Å²) in [5.74, 6) is -2.32. The second-order valence-electron chi connectivity index (χ2n) is 7.68. The monoisotopic (exact) mass is 451 g/mol. The quantitative estimate of drug-likeness (QED) is 0.674. The van der Waals surface area contributed by atoms with E-state index in [4.69, 9.17) is 16.1 Å². The molecule has 2 amide bonds. The van der Waals surface area contributed by atoms with E-state index in [-0.39, 0.29) is 11.3 Å². The molecule has 0 radical (unpaired) electrons. The van der Waals surface area contributed by atoms with Gasteiger partial charge in [0, 0.05) is 5.56 Å². The van der Waals surface area contributed by atoms with Gasteiger partial charge < -0.3 is 19.8 Å². The number of nitrogens with zero attached hydrogens (tertiary/aromatic N) is 2. The van der Waals surface area contributed by atoms with Crippen molar-refractivity contribution in [3.8, 4) is 11.3 Å². The normalized spacial score (nSPS) is 26.8. The van der Waals surface area contributed by atoms with Gasteiger partial charge in [-0.2, -0.15) is 0 Å². The average Bonchev–Trinajstić information content (AvgIpc) is 3.14. The molecule has 1 aromatic carbocycles. The van der Waals surface area contributed by atoms with Gasteiger partial charge in [0.1, 0.15) is 23.0 Å². The summed E-state index contributed by atoms with van der Waals surface area (Å²) < 4.78 is 17.0. The van der Waals surface area contributed by atoms with Crippen molar-refractivity contribution in [1.29, 1.82) is 0 Å². The topological polar surface area (TPSA) is 130 Å². The standard InChI is InChI=1S/C19H18ClN3O6S/c1-8-11(13(29-22-8)9-6-4-5-7-10(9)20)15(24)21-12-16(25)23-14(18(26)27)19(2,3)30(28)17(12)23/h4-7,12,14,17H,1-3H3,(H,21,24)(H,26,27). The van der Waals surface area contributed by atoms with Crippen molar-refractivity contribution < 1.29 is 28.2 Å². The zero-order chi connectivity index (χ0) is 22.0. The Morgan fingerprint density at radius 3 is 2.63 bits per heavy atom. The summed E-state index contributed by atoms with van der Waals surface area (Å²) in [6, 6.07) is 4.44. The first-order valence-electron chi connectivity index (χ1n) is 9.05. The van der Waals surface area contributed by atoms with Crippen LogP contribution in [0.4, 0.5) is 0 Å². The number of rotatable bonds is 4. The summed E-state index contributed by atoms with van der Waals surface area (Å²) in [4.78, 5) is 38.4. The maximum atomic E-state index is 13.0. The van der Waals surface area contributed by atoms with Crippen LogP contribution in [-0.2, 0) is 20.4 Å². The molecule has 3 heterocycles. The maximum absolute atomic E-state index is 13.0. The second-order valence-corrected chi connectivity index (χ2v) is 10.2. The lowest BCUT2D eigenvalue weighted by molar-refractivity contribution is -0.159. The molecule has 0 saturated carbocycles. The van der Waals surface area contributed by atoms with Gasteiger partial charge in [0.25, 0.3) is 5.91 Å². The van der Waals surface area contributed by atoms with Gasteiger partial charge in [-0.3, -0.25) is 13.8 Å². The first-order chi connectivity index (χ1) is 14.1. The number of nitrogens with one attached hydrogen (secondary N) is 1. The number of carbonyl (C=O) groups is 3. The molecule has 4 atom stereocenters. The van der Waals surface area contributed by atoms with Crippen LogP contribution < -0.4 is 5.32 Å². The van der Waals surface area contributed by atoms with Gasteiger partial charge >= 0.3 is 5.97 Å². The van der Waals surface area contributed by atoms with Crippen LogP contribution in [0.25, 0.3) is 11.3 Å². The van der Waals surface area contributed by atoms with Crippen molar-refractivity contribution >= 4 is 40.2 Å². The molecule has 0 aliphatic carbocycles. The Labute approximate surface area is 178 Å². The summed E-state index contributed by atoms with van der Waals surface area (Å²) in [5.41, 5.74) is 0.859. The predicted molar refractivity (Wildman–Crippen MR) is 107 cm³/mol. The summed E-state index contributed by atoms with van der Waals surface area (Å²) in [6.07, 6.45) is 0. The molecule has 2 aromatic rings. The lowest BCUT2D eigenvalue weighted by Gasteiger charge is -2.43. The third-order valence-electron chi connectivity index (χ3n) is 5.48. The third-order valence-corrected chi connectivity index (χ3v) is 8.01. The molecule has 9 nitrogen and oxygen atoms in total. The number of carboxylic acids is 1. The fourth-order valence-electron chi connectivity index (χ4n) is 3.97. The third kappa shape index (κ3) is 2.78. The Kier molecular flexibility index (Phi) is 4.74. The molecule has 2 fully saturated rings. The first kappa shape index (κ1) is 20.5. The number of hydrogen-bond donors (Lipinski definition) is 2. The van der Waals surface area contributed by atoms with Gasteiger partial charge in [0.05, 0.1) is 26.3 Å². The molecule has 4 rings (SSSR count). The molecule has 11 heteroatoms. The van der Waals surface area contributed by atoms with Crippen molar-refractivity contribution in [2.75, 3.05) is 0 Å². The Balaban J connectivity index is 1.64. The highest BCUT2D eigenvalue weighted by Gasteiger charge is 2.68. The van der Waals surface area contributed by atoms with E-state index in [2.05, 4.69) is 10.5 Å². The molecule has 2 N–H and O–H groups in total. The predicted octanol–water partition coefficient (Wildman–Crippen LogP) is 1.56. The zero-order valence-electron chi connectivity index (χ0n) is 16.2. The molecular weight excluding hydrogens is 434 g/mol. The number of β-lactam (4-membered cyclic amide) rings is 1. The number of amides is 2. The number of fused-ring (bicyclic) bond motifs is 1. The first-order valence-corrected chi connectivity index (χ1v) is 10.6. The molecular formula is C19H18ClN3O6S. The molecule has 0 spiro atoms. The largest absolute Gasteiger partial charge is 0.480 e. The van der Waals surface area contributed by atoms with Crippen molar-refractivity contribution in [2.45, 2.75) is 43.0 Å². The number of hydrogen-bond acceptors (Lipinski definition) is 6. The minimum atomic E-state index is -1.69. The highest BCUT2D eigenvalue weighted by molar-refractivity contribution is 7.87. The molecule has 1 aromatic heterocycles. The number of benzene rings is 1. The van der Waals surface area contributed by atoms with Gasteiger partial charge in [0.15, 0.2) is 5.76 Å². The molecule has 158 valence electrons. The van der Waals surface area contributed by atoms with E-state index in [1.165, 1.54) is 13.8 Å². The van der Waals surface area contributed by atoms with Crippen LogP contribution in [-0.4, -0.2) is 59.4 Å². The van der Waals surface area contributed by atoms with Crippen molar-refractivity contribution in [3.05, 3.63) is 40.5 Å². The van der Waals surface area contributed by atoms with E-state index < -0.39 is 50.8 Å². The van der Waals surface area contributed by atoms with E-state index in [0.29, 0.717) is 16.3 Å². The molecule has 2 aliphatic heterocycles. The summed E-state index contributed by atoms with van der Waals surface area (Å²) in [6.45, 7) is 4.64. The number of aryl methyl sites for hydroxylation is 1. The van der Waals surface area contributed by atoms with Crippen molar-refractivity contribution in [2.24, 2.45) is 0 Å². The van der Waals surface area contributed by atoms with E-state index >= 15 is 0 Å². The molecule has 4 unspecified atom stereocenters. The molecule has 0 bridgehead atoms. The molecule has 30 heavy (non-hydrogen) atoms. The van der Waals surface area contributed by atoms with Crippen LogP contribution >= 0.6 is 11.6 Å². The van der Waals surface area contributed by atoms with Gasteiger partial charge in [-0.15, -0.1) is 0 Å². The Bertz CT molecular complexity index is 1110. The number of halogens is 1. The highest BCUT2D eigenvalue weighted by atomic mass is 35.5. The lowest BCUT2D eigenvalue weighted by atomic mass is 9.95. The van der Waals surface area contributed by atoms with Crippen LogP contribution in [0.1, 0.15) is 29.9 Å². The fourth-order valence-corrected chi connectivity index (χ4v) is 6.11. The Morgan fingerprint density at radius 1 is 1.33 bits per heavy atom. The summed E-state index contributed by atoms with van der Waals surface area (Å²) in [7, 11) is -1.69. The SMILES string of the molecule is Cc1noc(-c2ccccc2Cl)c1C(=O)NC1C(=O)N2C1S(=O)C(C)(C)C2C(=O)O. The number of aliphatic carboxylic acids is 1. The Hall–Kier alpha value is -2.72. The Morgan fingerprint density at radius 2 is 2.00 bits per heavy atom. The van der Waals surface area contributed by atoms with Crippen LogP contribution in [0.5, 0.6) is 0 Å². The van der Waals surface area contributed by atoms with E-state index in [1.54, 1.807) is 31.2 Å². The van der Waals surface area contributed by atoms with Gasteiger partial charge in [-0.05, 0) is 32.9 Å². The number of aromatic nitrogens is 1. The van der Waals surface area contributed by atoms with Crippen molar-refractivity contribution in [3.63, 3.8) is 0 Å².